The Morgan fingerprint density at radius 3 is 2.70 bits per heavy atom. The second kappa shape index (κ2) is 5.78. The highest BCUT2D eigenvalue weighted by molar-refractivity contribution is 6.31. The number of hydrogen-bond acceptors (Lipinski definition) is 3. The summed E-state index contributed by atoms with van der Waals surface area (Å²) in [6, 6.07) is 11.6. The molecule has 0 aliphatic carbocycles. The molecule has 0 aliphatic rings. The van der Waals surface area contributed by atoms with Gasteiger partial charge in [0.2, 0.25) is 5.43 Å². The van der Waals surface area contributed by atoms with Crippen LogP contribution < -0.4 is 10.2 Å². The number of H-pyrrole nitrogens is 1. The van der Waals surface area contributed by atoms with Gasteiger partial charge in [-0.15, -0.1) is 0 Å². The number of carbonyl (C=O) groups is 1. The molecule has 0 amide bonds. The first-order valence-corrected chi connectivity index (χ1v) is 7.12. The van der Waals surface area contributed by atoms with E-state index in [2.05, 4.69) is 4.98 Å². The molecule has 2 N–H and O–H groups in total. The number of aromatic amines is 1. The Balaban J connectivity index is 2.39. The van der Waals surface area contributed by atoms with Crippen LogP contribution in [0, 0.1) is 0 Å². The number of benzene rings is 2. The minimum atomic E-state index is -1.30. The highest BCUT2D eigenvalue weighted by Gasteiger charge is 2.20. The van der Waals surface area contributed by atoms with Gasteiger partial charge in [-0.2, -0.15) is 0 Å². The fourth-order valence-electron chi connectivity index (χ4n) is 2.46. The number of aromatic nitrogens is 1. The van der Waals surface area contributed by atoms with E-state index >= 15 is 0 Å². The molecule has 6 heteroatoms. The molecule has 0 aliphatic heterocycles. The Hall–Kier alpha value is -2.79. The van der Waals surface area contributed by atoms with Crippen LogP contribution in [0.15, 0.2) is 47.3 Å². The van der Waals surface area contributed by atoms with Gasteiger partial charge in [0, 0.05) is 21.5 Å². The molecule has 0 spiro atoms. The van der Waals surface area contributed by atoms with Crippen LogP contribution in [0.4, 0.5) is 0 Å². The number of fused-ring (bicyclic) bond motifs is 1. The second-order valence-electron chi connectivity index (χ2n) is 4.93. The molecule has 1 aromatic heterocycles. The summed E-state index contributed by atoms with van der Waals surface area (Å²) in [7, 11) is 1.52. The lowest BCUT2D eigenvalue weighted by Crippen LogP contribution is -2.18. The van der Waals surface area contributed by atoms with Crippen LogP contribution >= 0.6 is 11.6 Å². The smallest absolute Gasteiger partial charge is 0.341 e. The molecule has 0 bridgehead atoms. The number of hydrogen-bond donors (Lipinski definition) is 2. The summed E-state index contributed by atoms with van der Waals surface area (Å²) in [4.78, 5) is 27.2. The summed E-state index contributed by atoms with van der Waals surface area (Å²) in [5.41, 5.74) is 0.397. The zero-order valence-corrected chi connectivity index (χ0v) is 12.8. The maximum absolute atomic E-state index is 12.6. The first-order chi connectivity index (χ1) is 11.0. The SMILES string of the molecule is COc1cccc(-c2[nH]c3ccc(Cl)cc3c(=O)c2C(=O)O)c1. The van der Waals surface area contributed by atoms with Crippen molar-refractivity contribution in [1.82, 2.24) is 4.98 Å². The van der Waals surface area contributed by atoms with E-state index in [-0.39, 0.29) is 16.6 Å². The van der Waals surface area contributed by atoms with E-state index in [0.29, 0.717) is 21.9 Å². The molecular weight excluding hydrogens is 318 g/mol. The number of carboxylic acid groups (broad SMARTS) is 1. The van der Waals surface area contributed by atoms with Crippen molar-refractivity contribution in [2.45, 2.75) is 0 Å². The highest BCUT2D eigenvalue weighted by atomic mass is 35.5. The molecule has 3 aromatic rings. The number of nitrogens with one attached hydrogen (secondary N) is 1. The van der Waals surface area contributed by atoms with E-state index in [4.69, 9.17) is 16.3 Å². The Labute approximate surface area is 136 Å². The first-order valence-electron chi connectivity index (χ1n) is 6.74. The molecule has 0 saturated carbocycles. The second-order valence-corrected chi connectivity index (χ2v) is 5.37. The molecule has 0 saturated heterocycles. The Morgan fingerprint density at radius 1 is 1.22 bits per heavy atom. The maximum atomic E-state index is 12.6. The summed E-state index contributed by atoms with van der Waals surface area (Å²) in [6.07, 6.45) is 0. The standard InChI is InChI=1S/C17H12ClNO4/c1-23-11-4-2-3-9(7-11)15-14(17(21)22)16(20)12-8-10(18)5-6-13(12)19-15/h2-8H,1H3,(H,19,20)(H,21,22). The van der Waals surface area contributed by atoms with Crippen molar-refractivity contribution < 1.29 is 14.6 Å². The third kappa shape index (κ3) is 2.66. The van der Waals surface area contributed by atoms with Gasteiger partial charge < -0.3 is 14.8 Å². The first kappa shape index (κ1) is 15.1. The average Bonchev–Trinajstić information content (AvgIpc) is 2.55. The van der Waals surface area contributed by atoms with E-state index in [9.17, 15) is 14.7 Å². The highest BCUT2D eigenvalue weighted by Crippen LogP contribution is 2.26. The van der Waals surface area contributed by atoms with Gasteiger partial charge in [0.15, 0.2) is 0 Å². The van der Waals surface area contributed by atoms with Crippen molar-refractivity contribution in [2.24, 2.45) is 0 Å². The molecule has 116 valence electrons. The van der Waals surface area contributed by atoms with Crippen molar-refractivity contribution in [3.8, 4) is 17.0 Å². The third-order valence-electron chi connectivity index (χ3n) is 3.54. The number of halogens is 1. The molecule has 1 heterocycles. The number of methoxy groups -OCH3 is 1. The lowest BCUT2D eigenvalue weighted by molar-refractivity contribution is 0.0696. The predicted molar refractivity (Wildman–Crippen MR) is 88.5 cm³/mol. The fourth-order valence-corrected chi connectivity index (χ4v) is 2.63. The van der Waals surface area contributed by atoms with Gasteiger partial charge in [-0.05, 0) is 30.3 Å². The van der Waals surface area contributed by atoms with Crippen LogP contribution in [0.25, 0.3) is 22.2 Å². The largest absolute Gasteiger partial charge is 0.497 e. The van der Waals surface area contributed by atoms with Crippen molar-refractivity contribution >= 4 is 28.5 Å². The summed E-state index contributed by atoms with van der Waals surface area (Å²) >= 11 is 5.90. The normalized spacial score (nSPS) is 10.7. The van der Waals surface area contributed by atoms with Crippen LogP contribution in [-0.2, 0) is 0 Å². The molecule has 0 atom stereocenters. The van der Waals surface area contributed by atoms with Crippen molar-refractivity contribution in [2.75, 3.05) is 7.11 Å². The van der Waals surface area contributed by atoms with Gasteiger partial charge in [-0.3, -0.25) is 4.79 Å². The topological polar surface area (TPSA) is 79.4 Å². The number of ether oxygens (including phenoxy) is 1. The molecule has 2 aromatic carbocycles. The predicted octanol–water partition coefficient (Wildman–Crippen LogP) is 3.56. The molecule has 23 heavy (non-hydrogen) atoms. The van der Waals surface area contributed by atoms with Crippen LogP contribution in [-0.4, -0.2) is 23.2 Å². The summed E-state index contributed by atoms with van der Waals surface area (Å²) in [6.45, 7) is 0. The van der Waals surface area contributed by atoms with Crippen LogP contribution in [0.1, 0.15) is 10.4 Å². The van der Waals surface area contributed by atoms with Crippen LogP contribution in [0.2, 0.25) is 5.02 Å². The minimum Gasteiger partial charge on any atom is -0.497 e. The number of rotatable bonds is 3. The average molecular weight is 330 g/mol. The van der Waals surface area contributed by atoms with E-state index in [0.717, 1.165) is 0 Å². The van der Waals surface area contributed by atoms with Gasteiger partial charge in [0.05, 0.1) is 12.8 Å². The van der Waals surface area contributed by atoms with Gasteiger partial charge in [-0.25, -0.2) is 4.79 Å². The van der Waals surface area contributed by atoms with E-state index in [1.807, 2.05) is 0 Å². The molecule has 0 fully saturated rings. The molecular formula is C17H12ClNO4. The number of aromatic carboxylic acids is 1. The van der Waals surface area contributed by atoms with Gasteiger partial charge in [-0.1, -0.05) is 23.7 Å². The Morgan fingerprint density at radius 2 is 2.00 bits per heavy atom. The van der Waals surface area contributed by atoms with Crippen molar-refractivity contribution in [3.05, 3.63) is 63.3 Å². The lowest BCUT2D eigenvalue weighted by atomic mass is 10.0. The van der Waals surface area contributed by atoms with Gasteiger partial charge >= 0.3 is 5.97 Å². The molecule has 0 radical (unpaired) electrons. The monoisotopic (exact) mass is 329 g/mol. The molecule has 5 nitrogen and oxygen atoms in total. The zero-order valence-electron chi connectivity index (χ0n) is 12.1. The zero-order chi connectivity index (χ0) is 16.6. The Kier molecular flexibility index (Phi) is 3.80. The summed E-state index contributed by atoms with van der Waals surface area (Å²) in [5.74, 6) is -0.734. The summed E-state index contributed by atoms with van der Waals surface area (Å²) in [5, 5.41) is 10.1. The van der Waals surface area contributed by atoms with E-state index < -0.39 is 11.4 Å². The molecule has 3 rings (SSSR count). The van der Waals surface area contributed by atoms with Crippen molar-refractivity contribution in [1.29, 1.82) is 0 Å². The minimum absolute atomic E-state index is 0.233. The number of pyridine rings is 1. The van der Waals surface area contributed by atoms with Crippen molar-refractivity contribution in [3.63, 3.8) is 0 Å². The van der Waals surface area contributed by atoms with Crippen LogP contribution in [0.3, 0.4) is 0 Å². The van der Waals surface area contributed by atoms with E-state index in [1.165, 1.54) is 13.2 Å². The van der Waals surface area contributed by atoms with Crippen LogP contribution in [0.5, 0.6) is 5.75 Å². The van der Waals surface area contributed by atoms with E-state index in [1.54, 1.807) is 36.4 Å². The van der Waals surface area contributed by atoms with Gasteiger partial charge in [0.1, 0.15) is 11.3 Å². The third-order valence-corrected chi connectivity index (χ3v) is 3.77. The lowest BCUT2D eigenvalue weighted by Gasteiger charge is -2.10. The number of carboxylic acids is 1. The quantitative estimate of drug-likeness (QED) is 0.770. The van der Waals surface area contributed by atoms with Gasteiger partial charge in [0.25, 0.3) is 0 Å². The Bertz CT molecular complexity index is 978. The molecule has 0 unspecified atom stereocenters. The maximum Gasteiger partial charge on any atom is 0.341 e. The summed E-state index contributed by atoms with van der Waals surface area (Å²) < 4.78 is 5.15. The fraction of sp³-hybridized carbons (Fsp3) is 0.0588.